The third-order valence-corrected chi connectivity index (χ3v) is 3.01. The second kappa shape index (κ2) is 6.04. The van der Waals surface area contributed by atoms with Crippen LogP contribution >= 0.6 is 23.2 Å². The van der Waals surface area contributed by atoms with E-state index in [-0.39, 0.29) is 0 Å². The Morgan fingerprint density at radius 1 is 0.941 bits per heavy atom. The first-order valence-electron chi connectivity index (χ1n) is 5.58. The molecule has 0 radical (unpaired) electrons. The fraction of sp³-hybridized carbons (Fsp3) is 0.214. The van der Waals surface area contributed by atoms with Gasteiger partial charge in [-0.3, -0.25) is 4.98 Å². The van der Waals surface area contributed by atoms with Crippen molar-refractivity contribution in [2.75, 3.05) is 0 Å². The summed E-state index contributed by atoms with van der Waals surface area (Å²) in [5, 5.41) is 1.41. The van der Waals surface area contributed by atoms with Crippen LogP contribution in [0, 0.1) is 0 Å². The van der Waals surface area contributed by atoms with Crippen LogP contribution in [-0.2, 0) is 12.8 Å². The molecule has 1 aromatic heterocycles. The second-order valence-corrected chi connectivity index (χ2v) is 4.87. The maximum Gasteiger partial charge on any atom is 0.0423 e. The van der Waals surface area contributed by atoms with Crippen LogP contribution in [0.5, 0.6) is 0 Å². The first-order chi connectivity index (χ1) is 8.24. The normalized spacial score (nSPS) is 10.5. The summed E-state index contributed by atoms with van der Waals surface area (Å²) in [5.74, 6) is 0. The minimum Gasteiger partial charge on any atom is -0.264 e. The molecule has 1 heterocycles. The maximum absolute atomic E-state index is 5.95. The van der Waals surface area contributed by atoms with Crippen molar-refractivity contribution >= 4 is 23.2 Å². The highest BCUT2D eigenvalue weighted by atomic mass is 35.5. The Hall–Kier alpha value is -1.05. The lowest BCUT2D eigenvalue weighted by Gasteiger charge is -2.03. The third-order valence-electron chi connectivity index (χ3n) is 2.58. The van der Waals surface area contributed by atoms with E-state index in [9.17, 15) is 0 Å². The molecule has 0 amide bonds. The molecular formula is C14H13Cl2N. The molecule has 0 aliphatic rings. The Labute approximate surface area is 111 Å². The number of hydrogen-bond donors (Lipinski definition) is 0. The topological polar surface area (TPSA) is 12.9 Å². The zero-order valence-electron chi connectivity index (χ0n) is 9.37. The van der Waals surface area contributed by atoms with Crippen molar-refractivity contribution in [1.82, 2.24) is 4.98 Å². The Morgan fingerprint density at radius 2 is 1.65 bits per heavy atom. The molecule has 0 aliphatic heterocycles. The molecule has 17 heavy (non-hydrogen) atoms. The van der Waals surface area contributed by atoms with Gasteiger partial charge in [-0.25, -0.2) is 0 Å². The molecule has 0 fully saturated rings. The zero-order valence-corrected chi connectivity index (χ0v) is 10.9. The van der Waals surface area contributed by atoms with Gasteiger partial charge >= 0.3 is 0 Å². The van der Waals surface area contributed by atoms with E-state index >= 15 is 0 Å². The van der Waals surface area contributed by atoms with Crippen molar-refractivity contribution in [2.24, 2.45) is 0 Å². The van der Waals surface area contributed by atoms with Crippen molar-refractivity contribution in [3.05, 3.63) is 63.9 Å². The lowest BCUT2D eigenvalue weighted by Crippen LogP contribution is -1.90. The Balaban J connectivity index is 1.90. The van der Waals surface area contributed by atoms with E-state index in [4.69, 9.17) is 23.2 Å². The van der Waals surface area contributed by atoms with E-state index in [2.05, 4.69) is 11.1 Å². The number of hydrogen-bond acceptors (Lipinski definition) is 1. The summed E-state index contributed by atoms with van der Waals surface area (Å²) in [7, 11) is 0. The van der Waals surface area contributed by atoms with Gasteiger partial charge in [0.05, 0.1) is 0 Å². The van der Waals surface area contributed by atoms with Crippen LogP contribution in [0.25, 0.3) is 0 Å². The lowest BCUT2D eigenvalue weighted by atomic mass is 10.1. The number of aromatic nitrogens is 1. The van der Waals surface area contributed by atoms with Crippen LogP contribution in [0.4, 0.5) is 0 Å². The quantitative estimate of drug-likeness (QED) is 0.790. The van der Waals surface area contributed by atoms with Crippen molar-refractivity contribution in [3.8, 4) is 0 Å². The zero-order chi connectivity index (χ0) is 12.1. The van der Waals surface area contributed by atoms with E-state index in [0.29, 0.717) is 10.0 Å². The molecule has 0 atom stereocenters. The molecule has 2 rings (SSSR count). The number of pyridine rings is 1. The van der Waals surface area contributed by atoms with Crippen LogP contribution in [0.3, 0.4) is 0 Å². The number of nitrogens with zero attached hydrogens (tertiary/aromatic N) is 1. The highest BCUT2D eigenvalue weighted by Crippen LogP contribution is 2.20. The molecule has 0 aliphatic carbocycles. The van der Waals surface area contributed by atoms with Crippen LogP contribution in [-0.4, -0.2) is 4.98 Å². The largest absolute Gasteiger partial charge is 0.264 e. The predicted octanol–water partition coefficient (Wildman–Crippen LogP) is 4.56. The van der Waals surface area contributed by atoms with Gasteiger partial charge in [0.1, 0.15) is 0 Å². The second-order valence-electron chi connectivity index (χ2n) is 3.99. The third kappa shape index (κ3) is 4.03. The number of rotatable bonds is 4. The van der Waals surface area contributed by atoms with Gasteiger partial charge in [0.25, 0.3) is 0 Å². The molecule has 0 bridgehead atoms. The van der Waals surface area contributed by atoms with Gasteiger partial charge < -0.3 is 0 Å². The molecule has 3 heteroatoms. The van der Waals surface area contributed by atoms with Gasteiger partial charge in [0.15, 0.2) is 0 Å². The highest BCUT2D eigenvalue weighted by molar-refractivity contribution is 6.34. The smallest absolute Gasteiger partial charge is 0.0423 e. The van der Waals surface area contributed by atoms with Crippen LogP contribution in [0.15, 0.2) is 42.7 Å². The summed E-state index contributed by atoms with van der Waals surface area (Å²) in [6.45, 7) is 0. The van der Waals surface area contributed by atoms with Crippen molar-refractivity contribution in [1.29, 1.82) is 0 Å². The van der Waals surface area contributed by atoms with Gasteiger partial charge in [0.2, 0.25) is 0 Å². The fourth-order valence-electron chi connectivity index (χ4n) is 1.80. The molecule has 2 aromatic rings. The number of aryl methyl sites for hydroxylation is 2. The summed E-state index contributed by atoms with van der Waals surface area (Å²) in [6, 6.07) is 9.75. The molecule has 0 unspecified atom stereocenters. The minimum absolute atomic E-state index is 0.703. The van der Waals surface area contributed by atoms with E-state index in [1.54, 1.807) is 12.3 Å². The van der Waals surface area contributed by atoms with E-state index in [1.165, 1.54) is 11.1 Å². The average Bonchev–Trinajstić information content (AvgIpc) is 2.29. The molecule has 0 N–H and O–H groups in total. The van der Waals surface area contributed by atoms with Crippen molar-refractivity contribution in [3.63, 3.8) is 0 Å². The molecule has 1 nitrogen and oxygen atoms in total. The molecule has 0 saturated carbocycles. The van der Waals surface area contributed by atoms with Crippen LogP contribution in [0.2, 0.25) is 10.0 Å². The Kier molecular flexibility index (Phi) is 4.41. The molecular weight excluding hydrogens is 253 g/mol. The van der Waals surface area contributed by atoms with Gasteiger partial charge in [-0.05, 0) is 54.7 Å². The van der Waals surface area contributed by atoms with Crippen molar-refractivity contribution < 1.29 is 0 Å². The van der Waals surface area contributed by atoms with Gasteiger partial charge in [-0.15, -0.1) is 0 Å². The standard InChI is InChI=1S/C14H13Cl2N/c15-13-7-12(8-14(16)9-13)4-1-3-11-5-2-6-17-10-11/h2,5-10H,1,3-4H2. The van der Waals surface area contributed by atoms with Gasteiger partial charge in [0, 0.05) is 22.4 Å². The SMILES string of the molecule is Clc1cc(Cl)cc(CCCc2cccnc2)c1. The number of halogens is 2. The summed E-state index contributed by atoms with van der Waals surface area (Å²) >= 11 is 11.9. The maximum atomic E-state index is 5.95. The van der Waals surface area contributed by atoms with Gasteiger partial charge in [-0.2, -0.15) is 0 Å². The summed E-state index contributed by atoms with van der Waals surface area (Å²) in [4.78, 5) is 4.10. The minimum atomic E-state index is 0.703. The highest BCUT2D eigenvalue weighted by Gasteiger charge is 1.99. The van der Waals surface area contributed by atoms with E-state index < -0.39 is 0 Å². The fourth-order valence-corrected chi connectivity index (χ4v) is 2.37. The Bertz CT molecular complexity index is 463. The average molecular weight is 266 g/mol. The van der Waals surface area contributed by atoms with Gasteiger partial charge in [-0.1, -0.05) is 29.3 Å². The summed E-state index contributed by atoms with van der Waals surface area (Å²) in [6.07, 6.45) is 6.78. The van der Waals surface area contributed by atoms with E-state index in [1.807, 2.05) is 24.4 Å². The van der Waals surface area contributed by atoms with Crippen LogP contribution in [0.1, 0.15) is 17.5 Å². The predicted molar refractivity (Wildman–Crippen MR) is 72.7 cm³/mol. The molecule has 88 valence electrons. The summed E-state index contributed by atoms with van der Waals surface area (Å²) in [5.41, 5.74) is 2.45. The monoisotopic (exact) mass is 265 g/mol. The summed E-state index contributed by atoms with van der Waals surface area (Å²) < 4.78 is 0. The first-order valence-corrected chi connectivity index (χ1v) is 6.33. The first kappa shape index (κ1) is 12.4. The lowest BCUT2D eigenvalue weighted by molar-refractivity contribution is 0.817. The van der Waals surface area contributed by atoms with E-state index in [0.717, 1.165) is 19.3 Å². The number of benzene rings is 1. The molecule has 1 aromatic carbocycles. The van der Waals surface area contributed by atoms with Crippen molar-refractivity contribution in [2.45, 2.75) is 19.3 Å². The Morgan fingerprint density at radius 3 is 2.29 bits per heavy atom. The van der Waals surface area contributed by atoms with Crippen LogP contribution < -0.4 is 0 Å². The molecule has 0 spiro atoms. The molecule has 0 saturated heterocycles.